The van der Waals surface area contributed by atoms with Crippen LogP contribution < -0.4 is 5.32 Å². The third kappa shape index (κ3) is 2.85. The monoisotopic (exact) mass is 279 g/mol. The highest BCUT2D eigenvalue weighted by Crippen LogP contribution is 2.15. The van der Waals surface area contributed by atoms with E-state index >= 15 is 0 Å². The normalized spacial score (nSPS) is 10.4. The van der Waals surface area contributed by atoms with Crippen LogP contribution >= 0.6 is 15.9 Å². The average molecular weight is 280 g/mol. The second-order valence-corrected chi connectivity index (χ2v) is 4.49. The Balaban J connectivity index is 1.87. The van der Waals surface area contributed by atoms with Crippen LogP contribution in [0.5, 0.6) is 0 Å². The van der Waals surface area contributed by atoms with Crippen LogP contribution in [0.25, 0.3) is 0 Å². The van der Waals surface area contributed by atoms with Gasteiger partial charge in [0.15, 0.2) is 0 Å². The molecule has 0 unspecified atom stereocenters. The summed E-state index contributed by atoms with van der Waals surface area (Å²) >= 11 is 3.43. The van der Waals surface area contributed by atoms with E-state index in [9.17, 15) is 0 Å². The van der Waals surface area contributed by atoms with Gasteiger partial charge in [0.1, 0.15) is 5.82 Å². The number of aromatic nitrogens is 2. The summed E-state index contributed by atoms with van der Waals surface area (Å²) in [6, 6.07) is 8.09. The number of halogens is 1. The van der Waals surface area contributed by atoms with Crippen LogP contribution in [0, 0.1) is 6.92 Å². The van der Waals surface area contributed by atoms with E-state index in [2.05, 4.69) is 37.3 Å². The minimum Gasteiger partial charge on any atom is -0.370 e. The number of anilines is 1. The van der Waals surface area contributed by atoms with Crippen molar-refractivity contribution < 1.29 is 0 Å². The molecule has 2 N–H and O–H groups in total. The average Bonchev–Trinajstić information content (AvgIpc) is 2.76. The van der Waals surface area contributed by atoms with Crippen LogP contribution in [0.2, 0.25) is 0 Å². The molecule has 0 aromatic carbocycles. The molecule has 2 rings (SSSR count). The molecule has 2 aromatic rings. The van der Waals surface area contributed by atoms with E-state index in [1.807, 2.05) is 31.3 Å². The maximum atomic E-state index is 4.42. The number of rotatable bonds is 4. The number of pyridine rings is 1. The summed E-state index contributed by atoms with van der Waals surface area (Å²) in [7, 11) is 0. The van der Waals surface area contributed by atoms with Crippen LogP contribution in [-0.4, -0.2) is 16.5 Å². The summed E-state index contributed by atoms with van der Waals surface area (Å²) < 4.78 is 1.04. The molecule has 0 fully saturated rings. The molecule has 0 saturated carbocycles. The fourth-order valence-electron chi connectivity index (χ4n) is 1.49. The van der Waals surface area contributed by atoms with E-state index in [0.717, 1.165) is 29.0 Å². The first kappa shape index (κ1) is 11.2. The predicted molar refractivity (Wildman–Crippen MR) is 69.7 cm³/mol. The van der Waals surface area contributed by atoms with Crippen molar-refractivity contribution in [3.63, 3.8) is 0 Å². The Kier molecular flexibility index (Phi) is 3.62. The van der Waals surface area contributed by atoms with E-state index < -0.39 is 0 Å². The second kappa shape index (κ2) is 5.16. The van der Waals surface area contributed by atoms with Crippen molar-refractivity contribution in [2.75, 3.05) is 11.9 Å². The molecule has 16 heavy (non-hydrogen) atoms. The quantitative estimate of drug-likeness (QED) is 0.903. The van der Waals surface area contributed by atoms with Crippen LogP contribution in [0.3, 0.4) is 0 Å². The lowest BCUT2D eigenvalue weighted by molar-refractivity contribution is 0.964. The van der Waals surface area contributed by atoms with Crippen molar-refractivity contribution >= 4 is 21.7 Å². The molecule has 0 bridgehead atoms. The molecular formula is C12H14BrN3. The van der Waals surface area contributed by atoms with Gasteiger partial charge in [-0.2, -0.15) is 0 Å². The number of nitrogens with one attached hydrogen (secondary N) is 2. The first-order chi connectivity index (χ1) is 7.75. The Morgan fingerprint density at radius 2 is 2.25 bits per heavy atom. The minimum absolute atomic E-state index is 0.884. The van der Waals surface area contributed by atoms with E-state index in [0.29, 0.717) is 0 Å². The number of aromatic amines is 1. The van der Waals surface area contributed by atoms with Gasteiger partial charge < -0.3 is 10.3 Å². The first-order valence-corrected chi connectivity index (χ1v) is 6.04. The molecule has 0 amide bonds. The van der Waals surface area contributed by atoms with Crippen molar-refractivity contribution in [3.05, 3.63) is 46.3 Å². The van der Waals surface area contributed by atoms with Gasteiger partial charge >= 0.3 is 0 Å². The highest BCUT2D eigenvalue weighted by molar-refractivity contribution is 9.10. The molecule has 0 aliphatic heterocycles. The summed E-state index contributed by atoms with van der Waals surface area (Å²) in [4.78, 5) is 7.60. The molecule has 0 spiro atoms. The van der Waals surface area contributed by atoms with E-state index in [-0.39, 0.29) is 0 Å². The summed E-state index contributed by atoms with van der Waals surface area (Å²) in [6.45, 7) is 2.87. The van der Waals surface area contributed by atoms with Crippen molar-refractivity contribution in [1.29, 1.82) is 0 Å². The van der Waals surface area contributed by atoms with E-state index in [1.54, 1.807) is 0 Å². The smallest absolute Gasteiger partial charge is 0.126 e. The van der Waals surface area contributed by atoms with E-state index in [4.69, 9.17) is 0 Å². The zero-order valence-corrected chi connectivity index (χ0v) is 10.7. The lowest BCUT2D eigenvalue weighted by Crippen LogP contribution is -2.06. The van der Waals surface area contributed by atoms with Crippen LogP contribution in [0.4, 0.5) is 5.82 Å². The first-order valence-electron chi connectivity index (χ1n) is 5.25. The van der Waals surface area contributed by atoms with Gasteiger partial charge in [-0.1, -0.05) is 0 Å². The molecule has 4 heteroatoms. The Morgan fingerprint density at radius 1 is 1.38 bits per heavy atom. The van der Waals surface area contributed by atoms with E-state index in [1.165, 1.54) is 5.69 Å². The van der Waals surface area contributed by atoms with Crippen LogP contribution in [0.15, 0.2) is 34.9 Å². The molecule has 84 valence electrons. The van der Waals surface area contributed by atoms with Gasteiger partial charge in [-0.15, -0.1) is 0 Å². The zero-order valence-electron chi connectivity index (χ0n) is 9.13. The fourth-order valence-corrected chi connectivity index (χ4v) is 1.71. The minimum atomic E-state index is 0.884. The highest BCUT2D eigenvalue weighted by atomic mass is 79.9. The van der Waals surface area contributed by atoms with Gasteiger partial charge in [-0.25, -0.2) is 4.98 Å². The summed E-state index contributed by atoms with van der Waals surface area (Å²) in [5.41, 5.74) is 2.24. The Labute approximate surface area is 103 Å². The predicted octanol–water partition coefficient (Wildman–Crippen LogP) is 3.14. The maximum Gasteiger partial charge on any atom is 0.126 e. The molecule has 0 radical (unpaired) electrons. The van der Waals surface area contributed by atoms with Gasteiger partial charge in [-0.3, -0.25) is 0 Å². The van der Waals surface area contributed by atoms with Gasteiger partial charge in [0.05, 0.1) is 5.69 Å². The number of nitrogens with zero attached hydrogens (tertiary/aromatic N) is 1. The molecule has 0 aliphatic rings. The maximum absolute atomic E-state index is 4.42. The molecule has 0 atom stereocenters. The molecule has 0 saturated heterocycles. The second-order valence-electron chi connectivity index (χ2n) is 3.64. The number of hydrogen-bond acceptors (Lipinski definition) is 2. The molecule has 0 aliphatic carbocycles. The van der Waals surface area contributed by atoms with Gasteiger partial charge in [0.25, 0.3) is 0 Å². The van der Waals surface area contributed by atoms with Crippen molar-refractivity contribution in [1.82, 2.24) is 9.97 Å². The highest BCUT2D eigenvalue weighted by Gasteiger charge is 1.98. The lowest BCUT2D eigenvalue weighted by atomic mass is 10.3. The van der Waals surface area contributed by atoms with Gasteiger partial charge in [0, 0.05) is 29.3 Å². The standard InChI is InChI=1S/C12H14BrN3/c1-9-11(13)4-5-12(16-9)15-8-6-10-3-2-7-14-10/h2-5,7,14H,6,8H2,1H3,(H,15,16). The third-order valence-electron chi connectivity index (χ3n) is 2.38. The Morgan fingerprint density at radius 3 is 2.94 bits per heavy atom. The van der Waals surface area contributed by atoms with Crippen molar-refractivity contribution in [2.24, 2.45) is 0 Å². The van der Waals surface area contributed by atoms with Gasteiger partial charge in [-0.05, 0) is 47.1 Å². The van der Waals surface area contributed by atoms with Gasteiger partial charge in [0.2, 0.25) is 0 Å². The molecular weight excluding hydrogens is 266 g/mol. The Bertz CT molecular complexity index is 451. The summed E-state index contributed by atoms with van der Waals surface area (Å²) in [6.07, 6.45) is 2.92. The SMILES string of the molecule is Cc1nc(NCCc2ccc[nH]2)ccc1Br. The van der Waals surface area contributed by atoms with Crippen LogP contribution in [0.1, 0.15) is 11.4 Å². The zero-order chi connectivity index (χ0) is 11.4. The largest absolute Gasteiger partial charge is 0.370 e. The number of aryl methyl sites for hydroxylation is 1. The molecule has 3 nitrogen and oxygen atoms in total. The fraction of sp³-hybridized carbons (Fsp3) is 0.250. The topological polar surface area (TPSA) is 40.7 Å². The Hall–Kier alpha value is -1.29. The molecule has 2 heterocycles. The number of H-pyrrole nitrogens is 1. The number of hydrogen-bond donors (Lipinski definition) is 2. The van der Waals surface area contributed by atoms with Crippen molar-refractivity contribution in [2.45, 2.75) is 13.3 Å². The molecule has 2 aromatic heterocycles. The summed E-state index contributed by atoms with van der Waals surface area (Å²) in [5, 5.41) is 3.30. The van der Waals surface area contributed by atoms with Crippen LogP contribution in [-0.2, 0) is 6.42 Å². The third-order valence-corrected chi connectivity index (χ3v) is 3.22. The lowest BCUT2D eigenvalue weighted by Gasteiger charge is -2.06. The summed E-state index contributed by atoms with van der Waals surface area (Å²) in [5.74, 6) is 0.923. The van der Waals surface area contributed by atoms with Crippen molar-refractivity contribution in [3.8, 4) is 0 Å².